The molecule has 2 heterocycles. The number of benzene rings is 1. The summed E-state index contributed by atoms with van der Waals surface area (Å²) in [6.07, 6.45) is 2.11. The number of hydrogen-bond donors (Lipinski definition) is 1. The van der Waals surface area contributed by atoms with Crippen LogP contribution in [-0.2, 0) is 0 Å². The first-order chi connectivity index (χ1) is 10.6. The van der Waals surface area contributed by atoms with Gasteiger partial charge in [-0.3, -0.25) is 9.59 Å². The average Bonchev–Trinajstić information content (AvgIpc) is 3.18. The molecule has 0 saturated carbocycles. The molecule has 0 atom stereocenters. The summed E-state index contributed by atoms with van der Waals surface area (Å²) in [6, 6.07) is 6.99. The molecule has 1 aromatic heterocycles. The first kappa shape index (κ1) is 14.6. The van der Waals surface area contributed by atoms with Crippen molar-refractivity contribution < 1.29 is 9.59 Å². The van der Waals surface area contributed by atoms with Gasteiger partial charge in [0.15, 0.2) is 0 Å². The van der Waals surface area contributed by atoms with E-state index < -0.39 is 0 Å². The van der Waals surface area contributed by atoms with Gasteiger partial charge in [0.1, 0.15) is 5.01 Å². The highest BCUT2D eigenvalue weighted by molar-refractivity contribution is 7.13. The van der Waals surface area contributed by atoms with E-state index in [1.54, 1.807) is 31.2 Å². The molecule has 1 aromatic carbocycles. The summed E-state index contributed by atoms with van der Waals surface area (Å²) < 4.78 is 0. The molecule has 3 rings (SSSR count). The van der Waals surface area contributed by atoms with Gasteiger partial charge < -0.3 is 10.2 Å². The van der Waals surface area contributed by atoms with Gasteiger partial charge in [0, 0.05) is 24.3 Å². The van der Waals surface area contributed by atoms with Crippen LogP contribution in [0.3, 0.4) is 0 Å². The Morgan fingerprint density at radius 3 is 2.68 bits per heavy atom. The van der Waals surface area contributed by atoms with Gasteiger partial charge in [0.05, 0.1) is 0 Å². The molecule has 1 aliphatic rings. The van der Waals surface area contributed by atoms with Gasteiger partial charge in [0.2, 0.25) is 5.01 Å². The van der Waals surface area contributed by atoms with Gasteiger partial charge >= 0.3 is 0 Å². The molecule has 1 N–H and O–H groups in total. The smallest absolute Gasteiger partial charge is 0.286 e. The predicted molar refractivity (Wildman–Crippen MR) is 84.2 cm³/mol. The van der Waals surface area contributed by atoms with Crippen LogP contribution in [-0.4, -0.2) is 40.0 Å². The highest BCUT2D eigenvalue weighted by Crippen LogP contribution is 2.17. The molecule has 0 radical (unpaired) electrons. The molecule has 6 nitrogen and oxygen atoms in total. The lowest BCUT2D eigenvalue weighted by molar-refractivity contribution is 0.0792. The Morgan fingerprint density at radius 2 is 2.00 bits per heavy atom. The summed E-state index contributed by atoms with van der Waals surface area (Å²) in [5, 5.41) is 11.4. The number of anilines is 1. The lowest BCUT2D eigenvalue weighted by Gasteiger charge is -2.15. The van der Waals surface area contributed by atoms with E-state index in [0.717, 1.165) is 30.9 Å². The van der Waals surface area contributed by atoms with E-state index in [1.165, 1.54) is 11.3 Å². The van der Waals surface area contributed by atoms with Crippen molar-refractivity contribution in [1.82, 2.24) is 15.1 Å². The largest absolute Gasteiger partial charge is 0.339 e. The molecule has 1 fully saturated rings. The van der Waals surface area contributed by atoms with Gasteiger partial charge in [-0.1, -0.05) is 17.4 Å². The zero-order valence-electron chi connectivity index (χ0n) is 12.2. The topological polar surface area (TPSA) is 75.2 Å². The molecule has 2 aromatic rings. The molecule has 2 amide bonds. The fourth-order valence-electron chi connectivity index (χ4n) is 2.41. The van der Waals surface area contributed by atoms with Gasteiger partial charge in [-0.05, 0) is 38.0 Å². The Bertz CT molecular complexity index is 707. The minimum atomic E-state index is -0.309. The molecule has 22 heavy (non-hydrogen) atoms. The van der Waals surface area contributed by atoms with Crippen LogP contribution < -0.4 is 5.32 Å². The number of aromatic nitrogens is 2. The lowest BCUT2D eigenvalue weighted by Crippen LogP contribution is -2.27. The van der Waals surface area contributed by atoms with Crippen LogP contribution in [0.15, 0.2) is 24.3 Å². The minimum absolute atomic E-state index is 0.0142. The highest BCUT2D eigenvalue weighted by Gasteiger charge is 2.20. The Hall–Kier alpha value is -2.28. The Morgan fingerprint density at radius 1 is 1.23 bits per heavy atom. The van der Waals surface area contributed by atoms with Crippen molar-refractivity contribution >= 4 is 28.8 Å². The molecule has 1 aliphatic heterocycles. The summed E-state index contributed by atoms with van der Waals surface area (Å²) in [6.45, 7) is 3.41. The van der Waals surface area contributed by atoms with Crippen molar-refractivity contribution in [2.75, 3.05) is 18.4 Å². The van der Waals surface area contributed by atoms with Gasteiger partial charge in [-0.25, -0.2) is 0 Å². The number of hydrogen-bond acceptors (Lipinski definition) is 5. The second kappa shape index (κ2) is 6.23. The maximum atomic E-state index is 12.4. The summed E-state index contributed by atoms with van der Waals surface area (Å²) >= 11 is 1.24. The molecular weight excluding hydrogens is 300 g/mol. The highest BCUT2D eigenvalue weighted by atomic mass is 32.1. The molecule has 1 saturated heterocycles. The standard InChI is InChI=1S/C15H16N4O2S/c1-10-17-18-14(22-10)13(20)16-12-6-4-5-11(9-12)15(21)19-7-2-3-8-19/h4-6,9H,2-3,7-8H2,1H3,(H,16,20). The quantitative estimate of drug-likeness (QED) is 0.943. The number of aryl methyl sites for hydroxylation is 1. The number of carbonyl (C=O) groups is 2. The second-order valence-corrected chi connectivity index (χ2v) is 6.34. The maximum absolute atomic E-state index is 12.4. The zero-order valence-corrected chi connectivity index (χ0v) is 13.0. The SMILES string of the molecule is Cc1nnc(C(=O)Nc2cccc(C(=O)N3CCCC3)c2)s1. The first-order valence-corrected chi connectivity index (χ1v) is 7.96. The molecule has 0 aliphatic carbocycles. The predicted octanol–water partition coefficient (Wildman–Crippen LogP) is 2.33. The van der Waals surface area contributed by atoms with E-state index >= 15 is 0 Å². The van der Waals surface area contributed by atoms with E-state index in [-0.39, 0.29) is 11.8 Å². The Labute approximate surface area is 132 Å². The monoisotopic (exact) mass is 316 g/mol. The van der Waals surface area contributed by atoms with Crippen LogP contribution in [0.4, 0.5) is 5.69 Å². The van der Waals surface area contributed by atoms with Crippen LogP contribution in [0.25, 0.3) is 0 Å². The lowest BCUT2D eigenvalue weighted by atomic mass is 10.1. The molecule has 0 unspecified atom stereocenters. The first-order valence-electron chi connectivity index (χ1n) is 7.14. The summed E-state index contributed by atoms with van der Waals surface area (Å²) in [5.74, 6) is -0.295. The summed E-state index contributed by atoms with van der Waals surface area (Å²) in [5.41, 5.74) is 1.18. The molecule has 114 valence electrons. The van der Waals surface area contributed by atoms with Gasteiger partial charge in [0.25, 0.3) is 11.8 Å². The number of likely N-dealkylation sites (tertiary alicyclic amines) is 1. The van der Waals surface area contributed by atoms with Crippen molar-refractivity contribution in [1.29, 1.82) is 0 Å². The van der Waals surface area contributed by atoms with Crippen molar-refractivity contribution in [2.45, 2.75) is 19.8 Å². The Balaban J connectivity index is 1.73. The minimum Gasteiger partial charge on any atom is -0.339 e. The number of nitrogens with one attached hydrogen (secondary N) is 1. The summed E-state index contributed by atoms with van der Waals surface area (Å²) in [4.78, 5) is 26.3. The number of carbonyl (C=O) groups excluding carboxylic acids is 2. The van der Waals surface area contributed by atoms with Crippen LogP contribution >= 0.6 is 11.3 Å². The maximum Gasteiger partial charge on any atom is 0.286 e. The Kier molecular flexibility index (Phi) is 4.15. The van der Waals surface area contributed by atoms with E-state index in [2.05, 4.69) is 15.5 Å². The molecule has 7 heteroatoms. The van der Waals surface area contributed by atoms with Crippen molar-refractivity contribution in [2.24, 2.45) is 0 Å². The normalized spacial score (nSPS) is 14.1. The van der Waals surface area contributed by atoms with Gasteiger partial charge in [-0.15, -0.1) is 10.2 Å². The van der Waals surface area contributed by atoms with Crippen LogP contribution in [0.5, 0.6) is 0 Å². The molecular formula is C15H16N4O2S. The fourth-order valence-corrected chi connectivity index (χ4v) is 2.99. The third-order valence-corrected chi connectivity index (χ3v) is 4.32. The summed E-state index contributed by atoms with van der Waals surface area (Å²) in [7, 11) is 0. The second-order valence-electron chi connectivity index (χ2n) is 5.16. The average molecular weight is 316 g/mol. The fraction of sp³-hybridized carbons (Fsp3) is 0.333. The van der Waals surface area contributed by atoms with Crippen LogP contribution in [0, 0.1) is 6.92 Å². The van der Waals surface area contributed by atoms with E-state index in [0.29, 0.717) is 16.3 Å². The van der Waals surface area contributed by atoms with Crippen molar-refractivity contribution in [3.63, 3.8) is 0 Å². The number of nitrogens with zero attached hydrogens (tertiary/aromatic N) is 3. The molecule has 0 spiro atoms. The zero-order chi connectivity index (χ0) is 15.5. The third kappa shape index (κ3) is 3.14. The molecule has 0 bridgehead atoms. The van der Waals surface area contributed by atoms with Crippen LogP contribution in [0.1, 0.15) is 38.0 Å². The van der Waals surface area contributed by atoms with Crippen LogP contribution in [0.2, 0.25) is 0 Å². The van der Waals surface area contributed by atoms with E-state index in [9.17, 15) is 9.59 Å². The van der Waals surface area contributed by atoms with E-state index in [4.69, 9.17) is 0 Å². The van der Waals surface area contributed by atoms with E-state index in [1.807, 2.05) is 4.90 Å². The third-order valence-electron chi connectivity index (χ3n) is 3.48. The van der Waals surface area contributed by atoms with Crippen molar-refractivity contribution in [3.8, 4) is 0 Å². The van der Waals surface area contributed by atoms with Crippen molar-refractivity contribution in [3.05, 3.63) is 39.8 Å². The number of amides is 2. The number of rotatable bonds is 3. The van der Waals surface area contributed by atoms with Gasteiger partial charge in [-0.2, -0.15) is 0 Å².